The number of nitro groups is 1. The zero-order valence-corrected chi connectivity index (χ0v) is 10.6. The highest BCUT2D eigenvalue weighted by atomic mass is 16.6. The number of nitro benzene ring substituents is 1. The van der Waals surface area contributed by atoms with Gasteiger partial charge in [0.2, 0.25) is 0 Å². The number of aliphatic carboxylic acids is 1. The molecule has 0 spiro atoms. The summed E-state index contributed by atoms with van der Waals surface area (Å²) >= 11 is 0. The van der Waals surface area contributed by atoms with Crippen LogP contribution in [0.4, 0.5) is 5.69 Å². The van der Waals surface area contributed by atoms with E-state index in [9.17, 15) is 14.9 Å². The van der Waals surface area contributed by atoms with Gasteiger partial charge in [-0.1, -0.05) is 18.6 Å². The summed E-state index contributed by atoms with van der Waals surface area (Å²) in [6.07, 6.45) is 2.39. The van der Waals surface area contributed by atoms with Crippen LogP contribution in [0.3, 0.4) is 0 Å². The zero-order chi connectivity index (χ0) is 14.3. The largest absolute Gasteiger partial charge is 0.481 e. The molecule has 1 unspecified atom stereocenters. The molecule has 0 amide bonds. The van der Waals surface area contributed by atoms with E-state index in [0.29, 0.717) is 24.9 Å². The predicted molar refractivity (Wildman–Crippen MR) is 70.8 cm³/mol. The number of carbonyl (C=O) groups is 1. The van der Waals surface area contributed by atoms with Crippen molar-refractivity contribution in [2.24, 2.45) is 11.7 Å². The predicted octanol–water partition coefficient (Wildman–Crippen LogP) is 1.97. The number of carboxylic acids is 1. The lowest BCUT2D eigenvalue weighted by Crippen LogP contribution is -2.17. The van der Waals surface area contributed by atoms with E-state index in [2.05, 4.69) is 0 Å². The maximum Gasteiger partial charge on any atom is 0.306 e. The molecule has 0 aliphatic heterocycles. The molecule has 0 aliphatic carbocycles. The Labute approximate surface area is 111 Å². The van der Waals surface area contributed by atoms with Crippen LogP contribution in [0, 0.1) is 16.0 Å². The summed E-state index contributed by atoms with van der Waals surface area (Å²) in [6.45, 7) is 0.545. The number of unbranched alkanes of at least 4 members (excludes halogenated alkanes) is 1. The van der Waals surface area contributed by atoms with Crippen molar-refractivity contribution in [2.75, 3.05) is 6.54 Å². The first-order valence-corrected chi connectivity index (χ1v) is 6.20. The van der Waals surface area contributed by atoms with Gasteiger partial charge in [-0.25, -0.2) is 0 Å². The van der Waals surface area contributed by atoms with E-state index in [1.165, 1.54) is 12.1 Å². The molecule has 1 rings (SSSR count). The van der Waals surface area contributed by atoms with Gasteiger partial charge in [-0.05, 0) is 31.4 Å². The number of hydrogen-bond acceptors (Lipinski definition) is 4. The first-order chi connectivity index (χ1) is 9.04. The van der Waals surface area contributed by atoms with E-state index in [4.69, 9.17) is 10.8 Å². The Morgan fingerprint density at radius 2 is 2.16 bits per heavy atom. The quantitative estimate of drug-likeness (QED) is 0.425. The van der Waals surface area contributed by atoms with Crippen LogP contribution in [-0.2, 0) is 11.2 Å². The van der Waals surface area contributed by atoms with Gasteiger partial charge < -0.3 is 10.8 Å². The molecule has 3 N–H and O–H groups in total. The second-order valence-electron chi connectivity index (χ2n) is 4.45. The molecule has 0 bridgehead atoms. The number of carboxylic acid groups (broad SMARTS) is 1. The van der Waals surface area contributed by atoms with Crippen LogP contribution >= 0.6 is 0 Å². The molecule has 0 heterocycles. The van der Waals surface area contributed by atoms with E-state index in [-0.39, 0.29) is 5.69 Å². The van der Waals surface area contributed by atoms with Gasteiger partial charge in [0.1, 0.15) is 0 Å². The topological polar surface area (TPSA) is 106 Å². The Kier molecular flexibility index (Phi) is 5.95. The SMILES string of the molecule is NCCCCC(Cc1cccc([N+](=O)[O-])c1)C(=O)O. The summed E-state index contributed by atoms with van der Waals surface area (Å²) < 4.78 is 0. The van der Waals surface area contributed by atoms with Gasteiger partial charge >= 0.3 is 5.97 Å². The third-order valence-corrected chi connectivity index (χ3v) is 2.96. The van der Waals surface area contributed by atoms with Crippen LogP contribution < -0.4 is 5.73 Å². The highest BCUT2D eigenvalue weighted by Crippen LogP contribution is 2.19. The summed E-state index contributed by atoms with van der Waals surface area (Å²) in [6, 6.07) is 6.12. The van der Waals surface area contributed by atoms with Crippen LogP contribution in [0.15, 0.2) is 24.3 Å². The average Bonchev–Trinajstić information content (AvgIpc) is 2.38. The number of nitrogens with zero attached hydrogens (tertiary/aromatic N) is 1. The fourth-order valence-electron chi connectivity index (χ4n) is 1.93. The Hall–Kier alpha value is -1.95. The van der Waals surface area contributed by atoms with Crippen molar-refractivity contribution in [3.8, 4) is 0 Å². The molecule has 0 saturated heterocycles. The van der Waals surface area contributed by atoms with Crippen molar-refractivity contribution in [3.05, 3.63) is 39.9 Å². The Bertz CT molecular complexity index is 448. The lowest BCUT2D eigenvalue weighted by atomic mass is 9.94. The average molecular weight is 266 g/mol. The first kappa shape index (κ1) is 15.1. The van der Waals surface area contributed by atoms with Crippen LogP contribution in [0.5, 0.6) is 0 Å². The molecule has 104 valence electrons. The molecule has 0 radical (unpaired) electrons. The van der Waals surface area contributed by atoms with Gasteiger partial charge in [0.15, 0.2) is 0 Å². The van der Waals surface area contributed by atoms with E-state index in [1.807, 2.05) is 0 Å². The number of nitrogens with two attached hydrogens (primary N) is 1. The monoisotopic (exact) mass is 266 g/mol. The fourth-order valence-corrected chi connectivity index (χ4v) is 1.93. The number of rotatable bonds is 8. The van der Waals surface area contributed by atoms with Gasteiger partial charge in [0, 0.05) is 12.1 Å². The van der Waals surface area contributed by atoms with Crippen LogP contribution in [-0.4, -0.2) is 22.5 Å². The van der Waals surface area contributed by atoms with Crippen molar-refractivity contribution in [1.29, 1.82) is 0 Å². The third-order valence-electron chi connectivity index (χ3n) is 2.96. The molecule has 0 saturated carbocycles. The van der Waals surface area contributed by atoms with E-state index in [1.54, 1.807) is 12.1 Å². The molecule has 0 aromatic heterocycles. The highest BCUT2D eigenvalue weighted by molar-refractivity contribution is 5.70. The van der Waals surface area contributed by atoms with Crippen molar-refractivity contribution in [1.82, 2.24) is 0 Å². The molecular weight excluding hydrogens is 248 g/mol. The smallest absolute Gasteiger partial charge is 0.306 e. The van der Waals surface area contributed by atoms with Crippen molar-refractivity contribution in [3.63, 3.8) is 0 Å². The van der Waals surface area contributed by atoms with Crippen LogP contribution in [0.1, 0.15) is 24.8 Å². The van der Waals surface area contributed by atoms with Gasteiger partial charge in [0.25, 0.3) is 5.69 Å². The second-order valence-corrected chi connectivity index (χ2v) is 4.45. The van der Waals surface area contributed by atoms with E-state index < -0.39 is 16.8 Å². The van der Waals surface area contributed by atoms with E-state index >= 15 is 0 Å². The first-order valence-electron chi connectivity index (χ1n) is 6.20. The van der Waals surface area contributed by atoms with Gasteiger partial charge in [0.05, 0.1) is 10.8 Å². The van der Waals surface area contributed by atoms with Crippen molar-refractivity contribution in [2.45, 2.75) is 25.7 Å². The molecule has 1 aromatic rings. The van der Waals surface area contributed by atoms with Gasteiger partial charge in [-0.2, -0.15) is 0 Å². The summed E-state index contributed by atoms with van der Waals surface area (Å²) in [5.41, 5.74) is 6.04. The summed E-state index contributed by atoms with van der Waals surface area (Å²) in [5, 5.41) is 19.8. The fraction of sp³-hybridized carbons (Fsp3) is 0.462. The lowest BCUT2D eigenvalue weighted by Gasteiger charge is -2.11. The standard InChI is InChI=1S/C13H18N2O4/c14-7-2-1-5-11(13(16)17)8-10-4-3-6-12(9-10)15(18)19/h3-4,6,9,11H,1-2,5,7-8,14H2,(H,16,17). The Balaban J connectivity index is 2.70. The molecule has 6 heteroatoms. The van der Waals surface area contributed by atoms with E-state index in [0.717, 1.165) is 12.8 Å². The van der Waals surface area contributed by atoms with Crippen molar-refractivity contribution >= 4 is 11.7 Å². The molecule has 1 atom stereocenters. The normalized spacial score (nSPS) is 12.1. The van der Waals surface area contributed by atoms with Crippen LogP contribution in [0.2, 0.25) is 0 Å². The molecule has 6 nitrogen and oxygen atoms in total. The summed E-state index contributed by atoms with van der Waals surface area (Å²) in [4.78, 5) is 21.3. The molecule has 19 heavy (non-hydrogen) atoms. The minimum atomic E-state index is -0.872. The molecule has 0 aliphatic rings. The maximum atomic E-state index is 11.2. The highest BCUT2D eigenvalue weighted by Gasteiger charge is 2.18. The Morgan fingerprint density at radius 3 is 2.74 bits per heavy atom. The van der Waals surface area contributed by atoms with Gasteiger partial charge in [-0.15, -0.1) is 0 Å². The Morgan fingerprint density at radius 1 is 1.42 bits per heavy atom. The second kappa shape index (κ2) is 7.48. The summed E-state index contributed by atoms with van der Waals surface area (Å²) in [7, 11) is 0. The molecule has 1 aromatic carbocycles. The minimum Gasteiger partial charge on any atom is -0.481 e. The molecule has 0 fully saturated rings. The lowest BCUT2D eigenvalue weighted by molar-refractivity contribution is -0.384. The number of benzene rings is 1. The third kappa shape index (κ3) is 5.05. The zero-order valence-electron chi connectivity index (χ0n) is 10.6. The summed E-state index contributed by atoms with van der Waals surface area (Å²) in [5.74, 6) is -1.39. The maximum absolute atomic E-state index is 11.2. The minimum absolute atomic E-state index is 0.0106. The van der Waals surface area contributed by atoms with Gasteiger partial charge in [-0.3, -0.25) is 14.9 Å². The number of non-ortho nitro benzene ring substituents is 1. The van der Waals surface area contributed by atoms with Crippen molar-refractivity contribution < 1.29 is 14.8 Å². The number of hydrogen-bond donors (Lipinski definition) is 2. The van der Waals surface area contributed by atoms with Crippen LogP contribution in [0.25, 0.3) is 0 Å². The molecular formula is C13H18N2O4.